The highest BCUT2D eigenvalue weighted by Gasteiger charge is 2.21. The summed E-state index contributed by atoms with van der Waals surface area (Å²) in [6.45, 7) is 4.27. The van der Waals surface area contributed by atoms with Crippen molar-refractivity contribution < 1.29 is 0 Å². The first kappa shape index (κ1) is 11.3. The number of piperidine rings is 1. The van der Waals surface area contributed by atoms with E-state index in [0.29, 0.717) is 16.6 Å². The molecule has 1 aromatic heterocycles. The second kappa shape index (κ2) is 4.74. The van der Waals surface area contributed by atoms with Gasteiger partial charge in [0.2, 0.25) is 0 Å². The van der Waals surface area contributed by atoms with E-state index in [1.54, 1.807) is 12.4 Å². The largest absolute Gasteiger partial charge is 0.388 e. The number of hydrogen-bond acceptors (Lipinski definition) is 4. The zero-order valence-electron chi connectivity index (χ0n) is 9.39. The highest BCUT2D eigenvalue weighted by molar-refractivity contribution is 7.80. The smallest absolute Gasteiger partial charge is 0.157 e. The quantitative estimate of drug-likeness (QED) is 0.785. The summed E-state index contributed by atoms with van der Waals surface area (Å²) in [4.78, 5) is 11.1. The Bertz CT molecular complexity index is 393. The summed E-state index contributed by atoms with van der Waals surface area (Å²) in [6, 6.07) is 0. The Morgan fingerprint density at radius 1 is 1.50 bits per heavy atom. The molecule has 0 amide bonds. The number of nitrogens with two attached hydrogens (primary N) is 1. The number of nitrogens with zero attached hydrogens (tertiary/aromatic N) is 3. The van der Waals surface area contributed by atoms with E-state index in [1.165, 1.54) is 12.8 Å². The van der Waals surface area contributed by atoms with Gasteiger partial charge >= 0.3 is 0 Å². The van der Waals surface area contributed by atoms with Crippen LogP contribution in [0.4, 0.5) is 5.82 Å². The Morgan fingerprint density at radius 3 is 2.94 bits per heavy atom. The second-order valence-electron chi connectivity index (χ2n) is 4.29. The van der Waals surface area contributed by atoms with Crippen LogP contribution < -0.4 is 10.6 Å². The molecule has 5 heteroatoms. The zero-order chi connectivity index (χ0) is 11.5. The summed E-state index contributed by atoms with van der Waals surface area (Å²) >= 11 is 5.00. The average molecular weight is 236 g/mol. The van der Waals surface area contributed by atoms with Crippen molar-refractivity contribution in [3.05, 3.63) is 18.1 Å². The molecule has 0 spiro atoms. The molecular weight excluding hydrogens is 220 g/mol. The van der Waals surface area contributed by atoms with Crippen molar-refractivity contribution in [1.29, 1.82) is 0 Å². The Hall–Kier alpha value is -1.23. The van der Waals surface area contributed by atoms with E-state index >= 15 is 0 Å². The first-order valence-corrected chi connectivity index (χ1v) is 5.95. The summed E-state index contributed by atoms with van der Waals surface area (Å²) in [6.07, 6.45) is 5.79. The van der Waals surface area contributed by atoms with E-state index in [9.17, 15) is 0 Å². The molecule has 4 nitrogen and oxygen atoms in total. The van der Waals surface area contributed by atoms with Crippen molar-refractivity contribution in [3.8, 4) is 0 Å². The van der Waals surface area contributed by atoms with Crippen LogP contribution in [0.5, 0.6) is 0 Å². The van der Waals surface area contributed by atoms with Crippen LogP contribution in [0.1, 0.15) is 25.5 Å². The molecule has 1 aliphatic heterocycles. The molecule has 2 rings (SSSR count). The fourth-order valence-electron chi connectivity index (χ4n) is 2.12. The van der Waals surface area contributed by atoms with Crippen molar-refractivity contribution in [3.63, 3.8) is 0 Å². The van der Waals surface area contributed by atoms with Crippen LogP contribution in [-0.2, 0) is 0 Å². The van der Waals surface area contributed by atoms with Gasteiger partial charge in [-0.1, -0.05) is 19.1 Å². The zero-order valence-corrected chi connectivity index (χ0v) is 10.2. The van der Waals surface area contributed by atoms with Crippen molar-refractivity contribution in [2.24, 2.45) is 11.7 Å². The second-order valence-corrected chi connectivity index (χ2v) is 4.73. The standard InChI is InChI=1S/C11H16N4S/c1-8-3-2-6-15(7-8)11-9(10(12)16)13-4-5-14-11/h4-5,8H,2-3,6-7H2,1H3,(H2,12,16). The molecule has 0 radical (unpaired) electrons. The lowest BCUT2D eigenvalue weighted by atomic mass is 10.0. The summed E-state index contributed by atoms with van der Waals surface area (Å²) < 4.78 is 0. The predicted octanol–water partition coefficient (Wildman–Crippen LogP) is 1.35. The minimum atomic E-state index is 0.321. The van der Waals surface area contributed by atoms with Gasteiger partial charge in [-0.2, -0.15) is 0 Å². The molecule has 1 fully saturated rings. The van der Waals surface area contributed by atoms with Gasteiger partial charge in [-0.3, -0.25) is 0 Å². The lowest BCUT2D eigenvalue weighted by Gasteiger charge is -2.32. The van der Waals surface area contributed by atoms with Gasteiger partial charge in [-0.05, 0) is 18.8 Å². The highest BCUT2D eigenvalue weighted by Crippen LogP contribution is 2.22. The monoisotopic (exact) mass is 236 g/mol. The van der Waals surface area contributed by atoms with Crippen LogP contribution in [0.25, 0.3) is 0 Å². The van der Waals surface area contributed by atoms with Crippen molar-refractivity contribution in [2.75, 3.05) is 18.0 Å². The topological polar surface area (TPSA) is 55.0 Å². The number of thiocarbonyl (C=S) groups is 1. The summed E-state index contributed by atoms with van der Waals surface area (Å²) in [5.74, 6) is 1.52. The highest BCUT2D eigenvalue weighted by atomic mass is 32.1. The van der Waals surface area contributed by atoms with Crippen LogP contribution in [0.2, 0.25) is 0 Å². The first-order chi connectivity index (χ1) is 7.68. The molecule has 1 atom stereocenters. The van der Waals surface area contributed by atoms with Crippen molar-refractivity contribution >= 4 is 23.0 Å². The van der Waals surface area contributed by atoms with E-state index in [0.717, 1.165) is 18.9 Å². The molecular formula is C11H16N4S. The minimum Gasteiger partial charge on any atom is -0.388 e. The average Bonchev–Trinajstić information content (AvgIpc) is 2.29. The van der Waals surface area contributed by atoms with E-state index in [4.69, 9.17) is 18.0 Å². The Kier molecular flexibility index (Phi) is 3.33. The molecule has 1 aromatic rings. The fourth-order valence-corrected chi connectivity index (χ4v) is 2.26. The third-order valence-electron chi connectivity index (χ3n) is 2.87. The molecule has 1 aliphatic rings. The maximum Gasteiger partial charge on any atom is 0.157 e. The van der Waals surface area contributed by atoms with Crippen LogP contribution in [0.15, 0.2) is 12.4 Å². The van der Waals surface area contributed by atoms with Gasteiger partial charge in [0.1, 0.15) is 10.7 Å². The molecule has 2 N–H and O–H groups in total. The molecule has 0 aromatic carbocycles. The molecule has 16 heavy (non-hydrogen) atoms. The SMILES string of the molecule is CC1CCCN(c2nccnc2C(N)=S)C1. The van der Waals surface area contributed by atoms with E-state index in [-0.39, 0.29) is 0 Å². The molecule has 1 unspecified atom stereocenters. The fraction of sp³-hybridized carbons (Fsp3) is 0.545. The van der Waals surface area contributed by atoms with Gasteiger partial charge in [0.05, 0.1) is 0 Å². The molecule has 0 saturated carbocycles. The number of hydrogen-bond donors (Lipinski definition) is 1. The maximum atomic E-state index is 5.66. The Morgan fingerprint density at radius 2 is 2.25 bits per heavy atom. The molecule has 2 heterocycles. The van der Waals surface area contributed by atoms with Gasteiger partial charge in [0.25, 0.3) is 0 Å². The van der Waals surface area contributed by atoms with Crippen molar-refractivity contribution in [2.45, 2.75) is 19.8 Å². The number of rotatable bonds is 2. The number of anilines is 1. The van der Waals surface area contributed by atoms with Crippen LogP contribution in [-0.4, -0.2) is 28.0 Å². The lowest BCUT2D eigenvalue weighted by molar-refractivity contribution is 0.444. The molecule has 0 aliphatic carbocycles. The van der Waals surface area contributed by atoms with Gasteiger partial charge in [0.15, 0.2) is 5.82 Å². The van der Waals surface area contributed by atoms with Gasteiger partial charge < -0.3 is 10.6 Å². The van der Waals surface area contributed by atoms with Gasteiger partial charge in [-0.15, -0.1) is 0 Å². The predicted molar refractivity (Wildman–Crippen MR) is 68.5 cm³/mol. The Balaban J connectivity index is 2.28. The van der Waals surface area contributed by atoms with Crippen LogP contribution in [0, 0.1) is 5.92 Å². The third-order valence-corrected chi connectivity index (χ3v) is 3.06. The summed E-state index contributed by atoms with van der Waals surface area (Å²) in [5.41, 5.74) is 6.30. The first-order valence-electron chi connectivity index (χ1n) is 5.54. The van der Waals surface area contributed by atoms with E-state index in [1.807, 2.05) is 0 Å². The number of aromatic nitrogens is 2. The normalized spacial score (nSPS) is 20.8. The maximum absolute atomic E-state index is 5.66. The molecule has 86 valence electrons. The third kappa shape index (κ3) is 2.29. The van der Waals surface area contributed by atoms with Gasteiger partial charge in [-0.25, -0.2) is 9.97 Å². The summed E-state index contributed by atoms with van der Waals surface area (Å²) in [5, 5.41) is 0. The van der Waals surface area contributed by atoms with Gasteiger partial charge in [0, 0.05) is 25.5 Å². The Labute approximate surface area is 101 Å². The molecule has 1 saturated heterocycles. The van der Waals surface area contributed by atoms with E-state index in [2.05, 4.69) is 21.8 Å². The van der Waals surface area contributed by atoms with E-state index < -0.39 is 0 Å². The molecule has 0 bridgehead atoms. The lowest BCUT2D eigenvalue weighted by Crippen LogP contribution is -2.36. The van der Waals surface area contributed by atoms with Crippen LogP contribution in [0.3, 0.4) is 0 Å². The summed E-state index contributed by atoms with van der Waals surface area (Å²) in [7, 11) is 0. The van der Waals surface area contributed by atoms with Crippen LogP contribution >= 0.6 is 12.2 Å². The van der Waals surface area contributed by atoms with Crippen molar-refractivity contribution in [1.82, 2.24) is 9.97 Å². The minimum absolute atomic E-state index is 0.321.